The molecular weight excluding hydrogens is 649 g/mol. The maximum absolute atomic E-state index is 11.2. The van der Waals surface area contributed by atoms with Crippen molar-refractivity contribution < 1.29 is 19.1 Å². The van der Waals surface area contributed by atoms with Crippen molar-refractivity contribution in [1.29, 1.82) is 0 Å². The van der Waals surface area contributed by atoms with E-state index in [4.69, 9.17) is 21.7 Å². The Bertz CT molecular complexity index is 1480. The minimum atomic E-state index is -2.88. The Morgan fingerprint density at radius 1 is 0.480 bits per heavy atom. The number of aliphatic hydroxyl groups is 2. The highest BCUT2D eigenvalue weighted by Gasteiger charge is 2.52. The van der Waals surface area contributed by atoms with Crippen LogP contribution in [0.5, 0.6) is 0 Å². The highest BCUT2D eigenvalue weighted by atomic mass is 28.4. The zero-order chi connectivity index (χ0) is 36.4. The van der Waals surface area contributed by atoms with E-state index in [0.717, 1.165) is 20.7 Å². The molecule has 0 aliphatic heterocycles. The normalized spacial score (nSPS) is 14.9. The molecule has 0 aliphatic rings. The Morgan fingerprint density at radius 2 is 0.720 bits per heavy atom. The maximum Gasteiger partial charge on any atom is 0.262 e. The summed E-state index contributed by atoms with van der Waals surface area (Å²) in [6, 6.07) is 41.4. The average Bonchev–Trinajstić information content (AvgIpc) is 3.12. The third-order valence-electron chi connectivity index (χ3n) is 9.74. The van der Waals surface area contributed by atoms with Crippen LogP contribution in [0.4, 0.5) is 0 Å². The molecule has 0 bridgehead atoms. The Morgan fingerprint density at radius 3 is 0.920 bits per heavy atom. The van der Waals surface area contributed by atoms with Crippen molar-refractivity contribution in [3.05, 3.63) is 121 Å². The summed E-state index contributed by atoms with van der Waals surface area (Å²) >= 11 is 0. The first-order valence-corrected chi connectivity index (χ1v) is 21.5. The summed E-state index contributed by atoms with van der Waals surface area (Å²) in [6.07, 6.45) is 10.5. The zero-order valence-corrected chi connectivity index (χ0v) is 32.6. The lowest BCUT2D eigenvalue weighted by Crippen LogP contribution is -2.67. The van der Waals surface area contributed by atoms with E-state index < -0.39 is 41.1 Å². The molecule has 0 spiro atoms. The Balaban J connectivity index is 1.49. The van der Waals surface area contributed by atoms with Crippen LogP contribution in [0.3, 0.4) is 0 Å². The number of terminal acetylenes is 2. The number of benzene rings is 4. The minimum Gasteiger partial charge on any atom is -0.394 e. The highest BCUT2D eigenvalue weighted by molar-refractivity contribution is 7.00. The molecule has 4 aromatic carbocycles. The first-order valence-electron chi connectivity index (χ1n) is 17.7. The smallest absolute Gasteiger partial charge is 0.262 e. The van der Waals surface area contributed by atoms with Gasteiger partial charge in [0.15, 0.2) is 0 Å². The standard InChI is InChI=1S/C44H54O4Si2/c1-9-35(47-49(43(3,4)5,37-23-15-11-16-24-37)38-25-17-12-18-26-38)31-33-41(45)42(46)34-32-36(10-2)48-50(44(6,7)8,39-27-19-13-20-28-39)40-29-21-14-22-30-40/h1-2,11-30,35-36,41-42,45-46H,31-34H2,3-8H3/t35-,36-,41-,42+/m1/s1. The van der Waals surface area contributed by atoms with Crippen molar-refractivity contribution in [2.75, 3.05) is 0 Å². The van der Waals surface area contributed by atoms with Crippen molar-refractivity contribution >= 4 is 37.4 Å². The molecule has 6 heteroatoms. The van der Waals surface area contributed by atoms with Crippen LogP contribution < -0.4 is 20.7 Å². The zero-order valence-electron chi connectivity index (χ0n) is 30.6. The molecule has 4 atom stereocenters. The molecule has 0 aromatic heterocycles. The fourth-order valence-electron chi connectivity index (χ4n) is 7.19. The molecule has 0 radical (unpaired) electrons. The van der Waals surface area contributed by atoms with Gasteiger partial charge in [-0.1, -0.05) is 175 Å². The second-order valence-electron chi connectivity index (χ2n) is 15.2. The summed E-state index contributed by atoms with van der Waals surface area (Å²) in [5.41, 5.74) is 0. The quantitative estimate of drug-likeness (QED) is 0.111. The van der Waals surface area contributed by atoms with Gasteiger partial charge in [0.05, 0.1) is 12.2 Å². The lowest BCUT2D eigenvalue weighted by molar-refractivity contribution is 0.000228. The molecule has 4 aromatic rings. The van der Waals surface area contributed by atoms with Gasteiger partial charge in [-0.2, -0.15) is 0 Å². The van der Waals surface area contributed by atoms with Gasteiger partial charge in [0.25, 0.3) is 16.6 Å². The van der Waals surface area contributed by atoms with Crippen LogP contribution in [0.15, 0.2) is 121 Å². The fourth-order valence-corrected chi connectivity index (χ4v) is 16.4. The van der Waals surface area contributed by atoms with Gasteiger partial charge in [0.2, 0.25) is 0 Å². The van der Waals surface area contributed by atoms with Crippen molar-refractivity contribution in [3.63, 3.8) is 0 Å². The first kappa shape index (κ1) is 39.1. The predicted octanol–water partition coefficient (Wildman–Crippen LogP) is 6.43. The van der Waals surface area contributed by atoms with Crippen LogP contribution in [-0.4, -0.2) is 51.3 Å². The number of rotatable bonds is 15. The minimum absolute atomic E-state index is 0.238. The van der Waals surface area contributed by atoms with Gasteiger partial charge >= 0.3 is 0 Å². The van der Waals surface area contributed by atoms with Gasteiger partial charge in [-0.15, -0.1) is 12.8 Å². The molecule has 0 aliphatic carbocycles. The largest absolute Gasteiger partial charge is 0.394 e. The van der Waals surface area contributed by atoms with E-state index in [9.17, 15) is 10.2 Å². The van der Waals surface area contributed by atoms with Gasteiger partial charge < -0.3 is 19.1 Å². The van der Waals surface area contributed by atoms with E-state index in [1.807, 2.05) is 72.8 Å². The van der Waals surface area contributed by atoms with Crippen LogP contribution in [0.25, 0.3) is 0 Å². The number of hydrogen-bond donors (Lipinski definition) is 2. The van der Waals surface area contributed by atoms with Crippen molar-refractivity contribution in [1.82, 2.24) is 0 Å². The van der Waals surface area contributed by atoms with E-state index in [2.05, 4.69) is 102 Å². The topological polar surface area (TPSA) is 58.9 Å². The van der Waals surface area contributed by atoms with Gasteiger partial charge in [-0.25, -0.2) is 0 Å². The molecule has 0 saturated heterocycles. The van der Waals surface area contributed by atoms with Crippen LogP contribution in [0.1, 0.15) is 67.2 Å². The monoisotopic (exact) mass is 702 g/mol. The Hall–Kier alpha value is -3.73. The molecule has 2 N–H and O–H groups in total. The predicted molar refractivity (Wildman–Crippen MR) is 213 cm³/mol. The third-order valence-corrected chi connectivity index (χ3v) is 19.8. The summed E-state index contributed by atoms with van der Waals surface area (Å²) in [7, 11) is -5.77. The summed E-state index contributed by atoms with van der Waals surface area (Å²) in [4.78, 5) is 0. The Kier molecular flexibility index (Phi) is 13.3. The van der Waals surface area contributed by atoms with E-state index in [0.29, 0.717) is 12.8 Å². The molecule has 262 valence electrons. The van der Waals surface area contributed by atoms with E-state index in [-0.39, 0.29) is 22.9 Å². The number of aliphatic hydroxyl groups excluding tert-OH is 2. The second kappa shape index (κ2) is 17.0. The van der Waals surface area contributed by atoms with Crippen LogP contribution in [0, 0.1) is 24.7 Å². The molecule has 50 heavy (non-hydrogen) atoms. The third kappa shape index (κ3) is 8.58. The van der Waals surface area contributed by atoms with E-state index >= 15 is 0 Å². The first-order chi connectivity index (χ1) is 23.8. The van der Waals surface area contributed by atoms with E-state index in [1.165, 1.54) is 0 Å². The van der Waals surface area contributed by atoms with E-state index in [1.54, 1.807) is 0 Å². The molecule has 0 fully saturated rings. The van der Waals surface area contributed by atoms with Crippen molar-refractivity contribution in [2.45, 2.75) is 102 Å². The lowest BCUT2D eigenvalue weighted by Gasteiger charge is -2.44. The highest BCUT2D eigenvalue weighted by Crippen LogP contribution is 2.39. The molecule has 0 heterocycles. The summed E-state index contributed by atoms with van der Waals surface area (Å²) in [6.45, 7) is 13.3. The molecule has 4 rings (SSSR count). The van der Waals surface area contributed by atoms with Crippen LogP contribution in [-0.2, 0) is 8.85 Å². The lowest BCUT2D eigenvalue weighted by atomic mass is 10.0. The van der Waals surface area contributed by atoms with Crippen LogP contribution >= 0.6 is 0 Å². The van der Waals surface area contributed by atoms with Gasteiger partial charge in [-0.3, -0.25) is 0 Å². The van der Waals surface area contributed by atoms with Gasteiger partial charge in [-0.05, 0) is 56.5 Å². The summed E-state index contributed by atoms with van der Waals surface area (Å²) in [5.74, 6) is 5.74. The summed E-state index contributed by atoms with van der Waals surface area (Å²) in [5, 5.41) is 26.5. The van der Waals surface area contributed by atoms with Gasteiger partial charge in [0.1, 0.15) is 12.2 Å². The fraction of sp³-hybridized carbons (Fsp3) is 0.364. The van der Waals surface area contributed by atoms with Crippen molar-refractivity contribution in [3.8, 4) is 24.7 Å². The SMILES string of the molecule is C#C[C@H](CC[C@@H](O)[C@@H](O)CC[C@@H](C#C)O[Si](c1ccccc1)(c1ccccc1)C(C)(C)C)O[Si](c1ccccc1)(c1ccccc1)C(C)(C)C. The Labute approximate surface area is 303 Å². The molecule has 0 saturated carbocycles. The second-order valence-corrected chi connectivity index (χ2v) is 23.7. The molecule has 0 unspecified atom stereocenters. The van der Waals surface area contributed by atoms with Crippen molar-refractivity contribution in [2.24, 2.45) is 0 Å². The maximum atomic E-state index is 11.2. The molecular formula is C44H54O4Si2. The number of hydrogen-bond acceptors (Lipinski definition) is 4. The molecule has 0 amide bonds. The average molecular weight is 703 g/mol. The van der Waals surface area contributed by atoms with Crippen LogP contribution in [0.2, 0.25) is 10.1 Å². The van der Waals surface area contributed by atoms with Gasteiger partial charge in [0, 0.05) is 0 Å². The summed E-state index contributed by atoms with van der Waals surface area (Å²) < 4.78 is 14.2. The molecule has 4 nitrogen and oxygen atoms in total.